The minimum Gasteiger partial charge on any atom is -0.345 e. The van der Waals surface area contributed by atoms with Gasteiger partial charge in [0.1, 0.15) is 17.5 Å². The number of benzene rings is 1. The summed E-state index contributed by atoms with van der Waals surface area (Å²) >= 11 is 0. The molecule has 4 atom stereocenters. The highest BCUT2D eigenvalue weighted by Gasteiger charge is 2.59. The summed E-state index contributed by atoms with van der Waals surface area (Å²) in [7, 11) is 1.58. The lowest BCUT2D eigenvalue weighted by atomic mass is 9.80. The Hall–Kier alpha value is -3.41. The minimum absolute atomic E-state index is 0.0788. The lowest BCUT2D eigenvalue weighted by molar-refractivity contribution is -0.147. The highest BCUT2D eigenvalue weighted by Crippen LogP contribution is 2.47. The third kappa shape index (κ3) is 5.79. The van der Waals surface area contributed by atoms with Gasteiger partial charge in [-0.05, 0) is 35.8 Å². The Balaban J connectivity index is 1.93. The van der Waals surface area contributed by atoms with Gasteiger partial charge in [-0.25, -0.2) is 6.57 Å². The van der Waals surface area contributed by atoms with Gasteiger partial charge in [-0.3, -0.25) is 28.9 Å². The van der Waals surface area contributed by atoms with Gasteiger partial charge in [-0.1, -0.05) is 52.8 Å². The maximum absolute atomic E-state index is 14.1. The molecule has 0 radical (unpaired) electrons. The predicted octanol–water partition coefficient (Wildman–Crippen LogP) is 3.17. The number of para-hydroxylation sites is 1. The molecule has 0 bridgehead atoms. The van der Waals surface area contributed by atoms with Gasteiger partial charge in [0.15, 0.2) is 0 Å². The fourth-order valence-electron chi connectivity index (χ4n) is 5.48. The normalized spacial score (nSPS) is 22.3. The lowest BCUT2D eigenvalue weighted by Crippen LogP contribution is -2.56. The molecule has 37 heavy (non-hydrogen) atoms. The molecule has 3 rings (SSSR count). The average molecular weight is 510 g/mol. The van der Waals surface area contributed by atoms with Crippen molar-refractivity contribution in [3.05, 3.63) is 41.2 Å². The summed E-state index contributed by atoms with van der Waals surface area (Å²) in [5.74, 6) is -1.13. The van der Waals surface area contributed by atoms with E-state index in [-0.39, 0.29) is 47.9 Å². The first-order valence-electron chi connectivity index (χ1n) is 12.8. The molecule has 1 spiro atoms. The van der Waals surface area contributed by atoms with Gasteiger partial charge >= 0.3 is 6.17 Å². The summed E-state index contributed by atoms with van der Waals surface area (Å²) in [6, 6.07) is 5.77. The van der Waals surface area contributed by atoms with E-state index in [9.17, 15) is 19.2 Å². The number of hydrogen-bond donors (Lipinski definition) is 2. The SMILES string of the molecule is [C-]#[N+][C@@H]1C[C@@]2(CN1C(=O)[C@H](CC(C)C)N(C)C(=O)[C@H](CC(C)(C)C)NC(C)=O)C(=O)Nc1ccccc12. The molecular formula is C28H39N5O4. The molecule has 2 aliphatic rings. The number of carbonyl (C=O) groups excluding carboxylic acids is 4. The minimum atomic E-state index is -0.989. The van der Waals surface area contributed by atoms with Crippen LogP contribution in [-0.2, 0) is 24.6 Å². The third-order valence-corrected chi connectivity index (χ3v) is 7.18. The number of anilines is 1. The molecule has 1 saturated heterocycles. The lowest BCUT2D eigenvalue weighted by Gasteiger charge is -2.35. The van der Waals surface area contributed by atoms with Gasteiger partial charge in [0.2, 0.25) is 17.7 Å². The second-order valence-corrected chi connectivity index (χ2v) is 12.0. The number of carbonyl (C=O) groups is 4. The Kier molecular flexibility index (Phi) is 8.01. The topological polar surface area (TPSA) is 103 Å². The van der Waals surface area contributed by atoms with Crippen molar-refractivity contribution in [3.8, 4) is 0 Å². The van der Waals surface area contributed by atoms with Crippen molar-refractivity contribution in [2.24, 2.45) is 11.3 Å². The van der Waals surface area contributed by atoms with Gasteiger partial charge in [0.05, 0.1) is 6.42 Å². The first kappa shape index (κ1) is 28.2. The van der Waals surface area contributed by atoms with Crippen LogP contribution in [0.15, 0.2) is 24.3 Å². The summed E-state index contributed by atoms with van der Waals surface area (Å²) in [4.78, 5) is 59.3. The maximum Gasteiger partial charge on any atom is 0.302 e. The molecule has 2 N–H and O–H groups in total. The Morgan fingerprint density at radius 2 is 1.92 bits per heavy atom. The molecule has 9 heteroatoms. The summed E-state index contributed by atoms with van der Waals surface area (Å²) in [6.07, 6.45) is 0.186. The van der Waals surface area contributed by atoms with Gasteiger partial charge < -0.3 is 15.5 Å². The molecular weight excluding hydrogens is 470 g/mol. The number of nitrogens with zero attached hydrogens (tertiary/aromatic N) is 3. The number of hydrogen-bond acceptors (Lipinski definition) is 4. The zero-order valence-corrected chi connectivity index (χ0v) is 22.9. The molecule has 0 saturated carbocycles. The van der Waals surface area contributed by atoms with Crippen molar-refractivity contribution >= 4 is 29.3 Å². The number of fused-ring (bicyclic) bond motifs is 2. The van der Waals surface area contributed by atoms with Crippen LogP contribution in [0.25, 0.3) is 4.85 Å². The average Bonchev–Trinajstić information content (AvgIpc) is 3.32. The van der Waals surface area contributed by atoms with Crippen LogP contribution in [0.1, 0.15) is 66.4 Å². The smallest absolute Gasteiger partial charge is 0.302 e. The molecule has 1 aromatic carbocycles. The Morgan fingerprint density at radius 1 is 1.27 bits per heavy atom. The van der Waals surface area contributed by atoms with E-state index < -0.39 is 23.7 Å². The van der Waals surface area contributed by atoms with Crippen molar-refractivity contribution in [2.75, 3.05) is 18.9 Å². The van der Waals surface area contributed by atoms with Crippen LogP contribution < -0.4 is 10.6 Å². The molecule has 2 aliphatic heterocycles. The van der Waals surface area contributed by atoms with E-state index >= 15 is 0 Å². The van der Waals surface area contributed by atoms with Crippen LogP contribution in [0.3, 0.4) is 0 Å². The predicted molar refractivity (Wildman–Crippen MR) is 141 cm³/mol. The second-order valence-electron chi connectivity index (χ2n) is 12.0. The summed E-state index contributed by atoms with van der Waals surface area (Å²) in [6.45, 7) is 19.2. The van der Waals surface area contributed by atoms with Crippen LogP contribution in [0.4, 0.5) is 5.69 Å². The Morgan fingerprint density at radius 3 is 2.49 bits per heavy atom. The van der Waals surface area contributed by atoms with E-state index in [1.165, 1.54) is 16.7 Å². The van der Waals surface area contributed by atoms with Gasteiger partial charge in [0, 0.05) is 26.2 Å². The fraction of sp³-hybridized carbons (Fsp3) is 0.607. The van der Waals surface area contributed by atoms with Crippen LogP contribution in [0.5, 0.6) is 0 Å². The first-order valence-corrected chi connectivity index (χ1v) is 12.8. The summed E-state index contributed by atoms with van der Waals surface area (Å²) < 4.78 is 0. The number of likely N-dealkylation sites (N-methyl/N-ethyl adjacent to an activating group) is 1. The first-order chi connectivity index (χ1) is 17.2. The fourth-order valence-corrected chi connectivity index (χ4v) is 5.48. The van der Waals surface area contributed by atoms with Crippen molar-refractivity contribution in [1.82, 2.24) is 15.1 Å². The molecule has 9 nitrogen and oxygen atoms in total. The number of likely N-dealkylation sites (tertiary alicyclic amines) is 1. The monoisotopic (exact) mass is 509 g/mol. The zero-order valence-electron chi connectivity index (χ0n) is 22.9. The van der Waals surface area contributed by atoms with E-state index in [0.717, 1.165) is 5.56 Å². The van der Waals surface area contributed by atoms with E-state index in [1.54, 1.807) is 7.05 Å². The molecule has 0 aliphatic carbocycles. The van der Waals surface area contributed by atoms with Crippen LogP contribution >= 0.6 is 0 Å². The molecule has 0 aromatic heterocycles. The van der Waals surface area contributed by atoms with Gasteiger partial charge in [-0.2, -0.15) is 0 Å². The number of nitrogens with one attached hydrogen (secondary N) is 2. The standard InChI is InChI=1S/C28H39N5O4/c1-17(2)13-22(32(8)24(35)21(30-18(3)34)14-27(4,5)6)25(36)33-16-28(15-23(33)29-7)19-11-9-10-12-20(19)31-26(28)37/h9-12,17,21-23H,13-16H2,1-6,8H3,(H,30,34)(H,31,37)/t21-,22-,23-,28-/m0/s1. The molecule has 0 unspecified atom stereocenters. The number of rotatable bonds is 7. The van der Waals surface area contributed by atoms with Crippen LogP contribution in [-0.4, -0.2) is 65.3 Å². The quantitative estimate of drug-likeness (QED) is 0.551. The largest absolute Gasteiger partial charge is 0.345 e. The Bertz CT molecular complexity index is 1120. The third-order valence-electron chi connectivity index (χ3n) is 7.18. The van der Waals surface area contributed by atoms with Gasteiger partial charge in [0.25, 0.3) is 5.91 Å². The number of amides is 4. The van der Waals surface area contributed by atoms with Crippen LogP contribution in [0, 0.1) is 17.9 Å². The van der Waals surface area contributed by atoms with Crippen molar-refractivity contribution in [2.45, 2.75) is 84.5 Å². The van der Waals surface area contributed by atoms with E-state index in [0.29, 0.717) is 18.5 Å². The molecule has 4 amide bonds. The highest BCUT2D eigenvalue weighted by atomic mass is 16.2. The maximum atomic E-state index is 14.1. The molecule has 200 valence electrons. The molecule has 2 heterocycles. The highest BCUT2D eigenvalue weighted by molar-refractivity contribution is 6.07. The second kappa shape index (κ2) is 10.5. The van der Waals surface area contributed by atoms with E-state index in [4.69, 9.17) is 6.57 Å². The van der Waals surface area contributed by atoms with Crippen molar-refractivity contribution < 1.29 is 19.2 Å². The molecule has 1 aromatic rings. The van der Waals surface area contributed by atoms with Crippen molar-refractivity contribution in [1.29, 1.82) is 0 Å². The van der Waals surface area contributed by atoms with Crippen LogP contribution in [0.2, 0.25) is 0 Å². The molecule has 1 fully saturated rings. The summed E-state index contributed by atoms with van der Waals surface area (Å²) in [5, 5.41) is 5.66. The summed E-state index contributed by atoms with van der Waals surface area (Å²) in [5.41, 5.74) is 0.278. The van der Waals surface area contributed by atoms with Gasteiger partial charge in [-0.15, -0.1) is 0 Å². The Labute approximate surface area is 219 Å². The van der Waals surface area contributed by atoms with Crippen molar-refractivity contribution in [3.63, 3.8) is 0 Å². The zero-order chi connectivity index (χ0) is 27.7. The van der Waals surface area contributed by atoms with E-state index in [1.807, 2.05) is 58.9 Å². The van der Waals surface area contributed by atoms with E-state index in [2.05, 4.69) is 15.5 Å².